The van der Waals surface area contributed by atoms with Crippen LogP contribution in [-0.2, 0) is 0 Å². The molecule has 2 N–H and O–H groups in total. The predicted octanol–water partition coefficient (Wildman–Crippen LogP) is 3.37. The number of anilines is 1. The van der Waals surface area contributed by atoms with Crippen LogP contribution in [-0.4, -0.2) is 25.4 Å². The Morgan fingerprint density at radius 2 is 1.86 bits per heavy atom. The second-order valence-electron chi connectivity index (χ2n) is 4.75. The zero-order valence-electron chi connectivity index (χ0n) is 12.8. The van der Waals surface area contributed by atoms with Crippen molar-refractivity contribution in [1.82, 2.24) is 5.32 Å². The standard InChI is InChI=1S/C17H20N2O2S/c1-13-6-5-7-14(12-13)19-17(22)18-10-11-21-16-9-4-3-8-15(16)20-2/h3-9,12H,10-11H2,1-2H3,(H2,18,19,22). The van der Waals surface area contributed by atoms with Crippen LogP contribution in [0, 0.1) is 6.92 Å². The van der Waals surface area contributed by atoms with Gasteiger partial charge in [-0.3, -0.25) is 0 Å². The van der Waals surface area contributed by atoms with E-state index in [-0.39, 0.29) is 0 Å². The molecule has 0 spiro atoms. The molecular weight excluding hydrogens is 296 g/mol. The first kappa shape index (κ1) is 16.1. The van der Waals surface area contributed by atoms with Crippen molar-refractivity contribution in [2.24, 2.45) is 0 Å². The molecule has 0 atom stereocenters. The summed E-state index contributed by atoms with van der Waals surface area (Å²) in [7, 11) is 1.63. The Labute approximate surface area is 136 Å². The molecule has 0 unspecified atom stereocenters. The van der Waals surface area contributed by atoms with Gasteiger partial charge in [-0.25, -0.2) is 0 Å². The van der Waals surface area contributed by atoms with E-state index < -0.39 is 0 Å². The van der Waals surface area contributed by atoms with Crippen LogP contribution < -0.4 is 20.1 Å². The molecule has 2 aromatic carbocycles. The van der Waals surface area contributed by atoms with Crippen LogP contribution in [0.4, 0.5) is 5.69 Å². The summed E-state index contributed by atoms with van der Waals surface area (Å²) in [6.45, 7) is 3.15. The molecule has 0 aliphatic heterocycles. The van der Waals surface area contributed by atoms with Gasteiger partial charge >= 0.3 is 0 Å². The molecule has 22 heavy (non-hydrogen) atoms. The molecule has 0 bridgehead atoms. The van der Waals surface area contributed by atoms with Crippen LogP contribution >= 0.6 is 12.2 Å². The Morgan fingerprint density at radius 3 is 2.59 bits per heavy atom. The van der Waals surface area contributed by atoms with Crippen LogP contribution in [0.25, 0.3) is 0 Å². The molecule has 2 aromatic rings. The van der Waals surface area contributed by atoms with Crippen molar-refractivity contribution < 1.29 is 9.47 Å². The van der Waals surface area contributed by atoms with Crippen LogP contribution in [0.5, 0.6) is 11.5 Å². The SMILES string of the molecule is COc1ccccc1OCCNC(=S)Nc1cccc(C)c1. The average molecular weight is 316 g/mol. The maximum Gasteiger partial charge on any atom is 0.170 e. The maximum atomic E-state index is 5.67. The number of aryl methyl sites for hydroxylation is 1. The van der Waals surface area contributed by atoms with Crippen molar-refractivity contribution in [2.75, 3.05) is 25.6 Å². The summed E-state index contributed by atoms with van der Waals surface area (Å²) >= 11 is 5.26. The van der Waals surface area contributed by atoms with Crippen LogP contribution in [0.3, 0.4) is 0 Å². The van der Waals surface area contributed by atoms with Gasteiger partial charge in [-0.15, -0.1) is 0 Å². The fourth-order valence-corrected chi connectivity index (χ4v) is 2.18. The van der Waals surface area contributed by atoms with E-state index in [4.69, 9.17) is 21.7 Å². The molecule has 2 rings (SSSR count). The van der Waals surface area contributed by atoms with Crippen molar-refractivity contribution in [2.45, 2.75) is 6.92 Å². The minimum absolute atomic E-state index is 0.496. The molecule has 0 aliphatic rings. The molecule has 0 saturated carbocycles. The smallest absolute Gasteiger partial charge is 0.170 e. The topological polar surface area (TPSA) is 42.5 Å². The molecule has 0 amide bonds. The lowest BCUT2D eigenvalue weighted by Gasteiger charge is -2.13. The third-order valence-corrected chi connectivity index (χ3v) is 3.24. The number of rotatable bonds is 6. The van der Waals surface area contributed by atoms with Crippen molar-refractivity contribution in [1.29, 1.82) is 0 Å². The average Bonchev–Trinajstić information content (AvgIpc) is 2.52. The molecule has 0 heterocycles. The van der Waals surface area contributed by atoms with Crippen molar-refractivity contribution in [3.8, 4) is 11.5 Å². The number of ether oxygens (including phenoxy) is 2. The van der Waals surface area contributed by atoms with Gasteiger partial charge in [0, 0.05) is 5.69 Å². The van der Waals surface area contributed by atoms with Gasteiger partial charge in [-0.1, -0.05) is 24.3 Å². The largest absolute Gasteiger partial charge is 0.493 e. The molecular formula is C17H20N2O2S. The van der Waals surface area contributed by atoms with Crippen molar-refractivity contribution in [3.63, 3.8) is 0 Å². The van der Waals surface area contributed by atoms with Gasteiger partial charge in [0.2, 0.25) is 0 Å². The predicted molar refractivity (Wildman–Crippen MR) is 93.9 cm³/mol. The number of thiocarbonyl (C=S) groups is 1. The third-order valence-electron chi connectivity index (χ3n) is 2.99. The molecule has 0 fully saturated rings. The van der Waals surface area contributed by atoms with E-state index in [0.29, 0.717) is 18.3 Å². The van der Waals surface area contributed by atoms with E-state index in [9.17, 15) is 0 Å². The normalized spacial score (nSPS) is 9.91. The lowest BCUT2D eigenvalue weighted by molar-refractivity contribution is 0.298. The summed E-state index contributed by atoms with van der Waals surface area (Å²) in [5.41, 5.74) is 2.16. The quantitative estimate of drug-likeness (QED) is 0.632. The summed E-state index contributed by atoms with van der Waals surface area (Å²) in [4.78, 5) is 0. The van der Waals surface area contributed by atoms with Crippen LogP contribution in [0.15, 0.2) is 48.5 Å². The Balaban J connectivity index is 1.73. The fourth-order valence-electron chi connectivity index (χ4n) is 1.96. The zero-order chi connectivity index (χ0) is 15.8. The number of para-hydroxylation sites is 2. The molecule has 116 valence electrons. The molecule has 5 heteroatoms. The van der Waals surface area contributed by atoms with Gasteiger partial charge in [-0.05, 0) is 49.0 Å². The van der Waals surface area contributed by atoms with E-state index in [0.717, 1.165) is 17.2 Å². The first-order valence-electron chi connectivity index (χ1n) is 7.06. The van der Waals surface area contributed by atoms with Gasteiger partial charge in [0.15, 0.2) is 16.6 Å². The highest BCUT2D eigenvalue weighted by atomic mass is 32.1. The van der Waals surface area contributed by atoms with Gasteiger partial charge in [0.05, 0.1) is 13.7 Å². The molecule has 0 aliphatic carbocycles. The first-order valence-corrected chi connectivity index (χ1v) is 7.47. The summed E-state index contributed by atoms with van der Waals surface area (Å²) in [6, 6.07) is 15.6. The van der Waals surface area contributed by atoms with E-state index in [1.807, 2.05) is 55.5 Å². The maximum absolute atomic E-state index is 5.67. The van der Waals surface area contributed by atoms with Gasteiger partial charge in [-0.2, -0.15) is 0 Å². The highest BCUT2D eigenvalue weighted by Crippen LogP contribution is 2.25. The monoisotopic (exact) mass is 316 g/mol. The molecule has 0 radical (unpaired) electrons. The number of methoxy groups -OCH3 is 1. The highest BCUT2D eigenvalue weighted by molar-refractivity contribution is 7.80. The Hall–Kier alpha value is -2.27. The lowest BCUT2D eigenvalue weighted by Crippen LogP contribution is -2.31. The minimum atomic E-state index is 0.496. The number of benzene rings is 2. The summed E-state index contributed by atoms with van der Waals surface area (Å²) in [5.74, 6) is 1.45. The Kier molecular flexibility index (Phi) is 6.03. The van der Waals surface area contributed by atoms with Crippen molar-refractivity contribution >= 4 is 23.0 Å². The number of hydrogen-bond donors (Lipinski definition) is 2. The van der Waals surface area contributed by atoms with E-state index >= 15 is 0 Å². The number of hydrogen-bond acceptors (Lipinski definition) is 3. The zero-order valence-corrected chi connectivity index (χ0v) is 13.6. The van der Waals surface area contributed by atoms with Gasteiger partial charge in [0.1, 0.15) is 6.61 Å². The summed E-state index contributed by atoms with van der Waals surface area (Å²) in [6.07, 6.45) is 0. The second kappa shape index (κ2) is 8.24. The Bertz CT molecular complexity index is 632. The van der Waals surface area contributed by atoms with E-state index in [1.165, 1.54) is 5.56 Å². The van der Waals surface area contributed by atoms with E-state index in [1.54, 1.807) is 7.11 Å². The van der Waals surface area contributed by atoms with Crippen molar-refractivity contribution in [3.05, 3.63) is 54.1 Å². The fraction of sp³-hybridized carbons (Fsp3) is 0.235. The summed E-state index contributed by atoms with van der Waals surface area (Å²) < 4.78 is 10.9. The Morgan fingerprint density at radius 1 is 1.09 bits per heavy atom. The van der Waals surface area contributed by atoms with E-state index in [2.05, 4.69) is 10.6 Å². The molecule has 0 aromatic heterocycles. The highest BCUT2D eigenvalue weighted by Gasteiger charge is 2.02. The first-order chi connectivity index (χ1) is 10.7. The molecule has 0 saturated heterocycles. The van der Waals surface area contributed by atoms with Gasteiger partial charge < -0.3 is 20.1 Å². The number of nitrogens with one attached hydrogen (secondary N) is 2. The van der Waals surface area contributed by atoms with Crippen LogP contribution in [0.2, 0.25) is 0 Å². The third kappa shape index (κ3) is 4.93. The lowest BCUT2D eigenvalue weighted by atomic mass is 10.2. The van der Waals surface area contributed by atoms with Crippen LogP contribution in [0.1, 0.15) is 5.56 Å². The second-order valence-corrected chi connectivity index (χ2v) is 5.16. The summed E-state index contributed by atoms with van der Waals surface area (Å²) in [5, 5.41) is 6.83. The molecule has 4 nitrogen and oxygen atoms in total. The minimum Gasteiger partial charge on any atom is -0.493 e. The van der Waals surface area contributed by atoms with Gasteiger partial charge in [0.25, 0.3) is 0 Å².